The number of ether oxygens (including phenoxy) is 5. The molecular formula is C31H40F2N6O5S. The van der Waals surface area contributed by atoms with Gasteiger partial charge in [0.1, 0.15) is 12.2 Å². The maximum absolute atomic E-state index is 13.9. The molecule has 2 saturated carbocycles. The molecule has 4 aliphatic rings. The standard InChI is InChI=1S/C31H40F2N6O5S/c1-4-13-45-30-35-28(34-21-15-18(21)17-8-9-19(32)20(33)14-17)25-29(36-30)39(38-37-25)22-16-23(27-26(22)43-31(2,3)44-27)40-11-12-42-24-7-5-6-10-41-24/h8-9,14,18,21-24,26-27H,4-7,10-13,15-16H2,1-3H3,(H,34,35,36). The SMILES string of the molecule is CCCSc1nc(NC2CC2c2ccc(F)c(F)c2)c2nnn(C3CC(OCCOC4CCCCO4)C4OC(C)(C)OC43)c2n1. The van der Waals surface area contributed by atoms with Crippen molar-refractivity contribution in [2.45, 2.75) is 113 Å². The Bertz CT molecular complexity index is 1510. The van der Waals surface area contributed by atoms with Gasteiger partial charge in [-0.3, -0.25) is 0 Å². The van der Waals surface area contributed by atoms with Crippen molar-refractivity contribution in [2.75, 3.05) is 30.9 Å². The van der Waals surface area contributed by atoms with E-state index in [1.54, 1.807) is 17.8 Å². The van der Waals surface area contributed by atoms with E-state index in [-0.39, 0.29) is 42.6 Å². The highest BCUT2D eigenvalue weighted by Gasteiger charge is 2.56. The minimum atomic E-state index is -0.847. The lowest BCUT2D eigenvalue weighted by Gasteiger charge is -2.25. The molecule has 7 unspecified atom stereocenters. The largest absolute Gasteiger partial charge is 0.373 e. The molecule has 4 fully saturated rings. The summed E-state index contributed by atoms with van der Waals surface area (Å²) in [6, 6.07) is 3.86. The van der Waals surface area contributed by atoms with E-state index in [0.29, 0.717) is 41.8 Å². The molecule has 1 aromatic carbocycles. The highest BCUT2D eigenvalue weighted by molar-refractivity contribution is 7.99. The number of benzene rings is 1. The maximum Gasteiger partial charge on any atom is 0.191 e. The lowest BCUT2D eigenvalue weighted by Crippen LogP contribution is -2.32. The second kappa shape index (κ2) is 13.0. The molecule has 2 saturated heterocycles. The molecular weight excluding hydrogens is 606 g/mol. The monoisotopic (exact) mass is 646 g/mol. The summed E-state index contributed by atoms with van der Waals surface area (Å²) in [5.74, 6) is -0.985. The van der Waals surface area contributed by atoms with Crippen LogP contribution in [0, 0.1) is 11.6 Å². The molecule has 11 nitrogen and oxygen atoms in total. The number of fused-ring (bicyclic) bond motifs is 2. The molecule has 2 aliphatic heterocycles. The van der Waals surface area contributed by atoms with Gasteiger partial charge in [-0.05, 0) is 63.6 Å². The smallest absolute Gasteiger partial charge is 0.191 e. The Labute approximate surface area is 265 Å². The topological polar surface area (TPSA) is 115 Å². The number of thioether (sulfide) groups is 1. The number of aromatic nitrogens is 5. The Morgan fingerprint density at radius 1 is 1.07 bits per heavy atom. The number of nitrogens with zero attached hydrogens (tertiary/aromatic N) is 5. The van der Waals surface area contributed by atoms with E-state index in [4.69, 9.17) is 33.7 Å². The molecule has 7 rings (SSSR count). The number of anilines is 1. The molecule has 0 spiro atoms. The number of halogens is 2. The van der Waals surface area contributed by atoms with Gasteiger partial charge in [-0.25, -0.2) is 23.4 Å². The van der Waals surface area contributed by atoms with E-state index in [1.165, 1.54) is 12.1 Å². The van der Waals surface area contributed by atoms with E-state index in [2.05, 4.69) is 22.6 Å². The van der Waals surface area contributed by atoms with Gasteiger partial charge in [0.15, 0.2) is 45.8 Å². The first-order valence-electron chi connectivity index (χ1n) is 16.0. The summed E-state index contributed by atoms with van der Waals surface area (Å²) in [6.07, 6.45) is 4.45. The molecule has 2 aromatic heterocycles. The fourth-order valence-corrected chi connectivity index (χ4v) is 7.26. The Morgan fingerprint density at radius 3 is 2.71 bits per heavy atom. The van der Waals surface area contributed by atoms with E-state index >= 15 is 0 Å². The van der Waals surface area contributed by atoms with Crippen LogP contribution < -0.4 is 5.32 Å². The minimum Gasteiger partial charge on any atom is -0.373 e. The highest BCUT2D eigenvalue weighted by atomic mass is 32.2. The lowest BCUT2D eigenvalue weighted by atomic mass is 10.1. The molecule has 0 radical (unpaired) electrons. The van der Waals surface area contributed by atoms with Crippen LogP contribution in [0.3, 0.4) is 0 Å². The molecule has 3 aromatic rings. The summed E-state index contributed by atoms with van der Waals surface area (Å²) in [6.45, 7) is 7.51. The third-order valence-corrected chi connectivity index (χ3v) is 9.83. The maximum atomic E-state index is 13.9. The molecule has 0 amide bonds. The van der Waals surface area contributed by atoms with Gasteiger partial charge in [-0.2, -0.15) is 0 Å². The van der Waals surface area contributed by atoms with Crippen molar-refractivity contribution in [2.24, 2.45) is 0 Å². The summed E-state index contributed by atoms with van der Waals surface area (Å²) in [5, 5.41) is 13.2. The molecule has 14 heteroatoms. The predicted octanol–water partition coefficient (Wildman–Crippen LogP) is 5.36. The second-order valence-corrected chi connectivity index (χ2v) is 13.7. The summed E-state index contributed by atoms with van der Waals surface area (Å²) >= 11 is 1.57. The van der Waals surface area contributed by atoms with Crippen molar-refractivity contribution in [3.8, 4) is 0 Å². The van der Waals surface area contributed by atoms with Crippen LogP contribution in [0.2, 0.25) is 0 Å². The van der Waals surface area contributed by atoms with Crippen LogP contribution in [-0.4, -0.2) is 87.0 Å². The van der Waals surface area contributed by atoms with Crippen LogP contribution in [0.4, 0.5) is 14.6 Å². The first kappa shape index (κ1) is 31.1. The third-order valence-electron chi connectivity index (χ3n) is 8.78. The van der Waals surface area contributed by atoms with Gasteiger partial charge < -0.3 is 29.0 Å². The Hall–Kier alpha value is -2.49. The molecule has 0 bridgehead atoms. The third kappa shape index (κ3) is 6.68. The van der Waals surface area contributed by atoms with Crippen LogP contribution in [0.1, 0.15) is 76.8 Å². The van der Waals surface area contributed by atoms with Crippen LogP contribution in [0.15, 0.2) is 23.4 Å². The van der Waals surface area contributed by atoms with Gasteiger partial charge in [0.25, 0.3) is 0 Å². The minimum absolute atomic E-state index is 0.00405. The van der Waals surface area contributed by atoms with E-state index in [1.807, 2.05) is 18.5 Å². The van der Waals surface area contributed by atoms with E-state index < -0.39 is 17.4 Å². The van der Waals surface area contributed by atoms with Crippen molar-refractivity contribution in [3.05, 3.63) is 35.4 Å². The van der Waals surface area contributed by atoms with Crippen molar-refractivity contribution in [1.82, 2.24) is 25.0 Å². The van der Waals surface area contributed by atoms with E-state index in [9.17, 15) is 8.78 Å². The van der Waals surface area contributed by atoms with Crippen molar-refractivity contribution >= 4 is 28.7 Å². The molecule has 1 N–H and O–H groups in total. The van der Waals surface area contributed by atoms with Gasteiger partial charge in [0.2, 0.25) is 0 Å². The Kier molecular flexibility index (Phi) is 8.96. The summed E-state index contributed by atoms with van der Waals surface area (Å²) in [7, 11) is 0. The average Bonchev–Trinajstić information content (AvgIpc) is 3.36. The fourth-order valence-electron chi connectivity index (χ4n) is 6.57. The van der Waals surface area contributed by atoms with E-state index in [0.717, 1.165) is 50.0 Å². The van der Waals surface area contributed by atoms with Crippen molar-refractivity contribution in [1.29, 1.82) is 0 Å². The van der Waals surface area contributed by atoms with Crippen LogP contribution >= 0.6 is 11.8 Å². The molecule has 2 aliphatic carbocycles. The zero-order chi connectivity index (χ0) is 31.1. The average molecular weight is 647 g/mol. The molecule has 45 heavy (non-hydrogen) atoms. The van der Waals surface area contributed by atoms with Crippen molar-refractivity contribution in [3.63, 3.8) is 0 Å². The molecule has 4 heterocycles. The number of nitrogens with one attached hydrogen (secondary N) is 1. The first-order valence-corrected chi connectivity index (χ1v) is 17.0. The highest BCUT2D eigenvalue weighted by Crippen LogP contribution is 2.47. The van der Waals surface area contributed by atoms with Crippen LogP contribution in [-0.2, 0) is 23.7 Å². The predicted molar refractivity (Wildman–Crippen MR) is 162 cm³/mol. The zero-order valence-corrected chi connectivity index (χ0v) is 26.6. The van der Waals surface area contributed by atoms with Gasteiger partial charge in [-0.15, -0.1) is 5.10 Å². The second-order valence-electron chi connectivity index (χ2n) is 12.6. The number of rotatable bonds is 12. The van der Waals surface area contributed by atoms with Gasteiger partial charge in [0.05, 0.1) is 25.4 Å². The quantitative estimate of drug-likeness (QED) is 0.156. The van der Waals surface area contributed by atoms with Gasteiger partial charge >= 0.3 is 0 Å². The first-order chi connectivity index (χ1) is 21.8. The van der Waals surface area contributed by atoms with Gasteiger partial charge in [-0.1, -0.05) is 30.0 Å². The number of hydrogen-bond acceptors (Lipinski definition) is 11. The summed E-state index contributed by atoms with van der Waals surface area (Å²) in [5.41, 5.74) is 1.90. The van der Waals surface area contributed by atoms with Crippen LogP contribution in [0.5, 0.6) is 0 Å². The van der Waals surface area contributed by atoms with Crippen molar-refractivity contribution < 1.29 is 32.5 Å². The molecule has 244 valence electrons. The fraction of sp³-hybridized carbons (Fsp3) is 0.677. The van der Waals surface area contributed by atoms with Gasteiger partial charge in [0, 0.05) is 30.7 Å². The summed E-state index contributed by atoms with van der Waals surface area (Å²) < 4.78 is 59.9. The Morgan fingerprint density at radius 2 is 1.91 bits per heavy atom. The lowest BCUT2D eigenvalue weighted by molar-refractivity contribution is -0.184. The molecule has 7 atom stereocenters. The number of hydrogen-bond donors (Lipinski definition) is 1. The summed E-state index contributed by atoms with van der Waals surface area (Å²) in [4.78, 5) is 9.69. The zero-order valence-electron chi connectivity index (χ0n) is 25.8. The normalized spacial score (nSPS) is 30.6. The van der Waals surface area contributed by atoms with Crippen LogP contribution in [0.25, 0.3) is 11.2 Å². The Balaban J connectivity index is 1.11.